The molecule has 0 bridgehead atoms. The molecule has 7 nitrogen and oxygen atoms in total. The van der Waals surface area contributed by atoms with Crippen LogP contribution in [0.3, 0.4) is 0 Å². The van der Waals surface area contributed by atoms with Crippen molar-refractivity contribution in [3.63, 3.8) is 0 Å². The molecule has 3 aromatic carbocycles. The molecule has 0 unspecified atom stereocenters. The van der Waals surface area contributed by atoms with E-state index in [1.165, 1.54) is 60.7 Å². The summed E-state index contributed by atoms with van der Waals surface area (Å²) >= 11 is 0. The van der Waals surface area contributed by atoms with E-state index >= 15 is 0 Å². The van der Waals surface area contributed by atoms with Gasteiger partial charge in [-0.2, -0.15) is 7.94 Å². The van der Waals surface area contributed by atoms with Crippen LogP contribution in [0.1, 0.15) is 5.56 Å². The maximum Gasteiger partial charge on any atom is 0.357 e. The Morgan fingerprint density at radius 3 is 1.55 bits per heavy atom. The molecular weight excluding hydrogens is 412 g/mol. The lowest BCUT2D eigenvalue weighted by atomic mass is 10.2. The molecule has 4 aromatic rings. The summed E-state index contributed by atoms with van der Waals surface area (Å²) in [7, 11) is -8.63. The fourth-order valence-corrected chi connectivity index (χ4v) is 5.99. The van der Waals surface area contributed by atoms with Crippen molar-refractivity contribution in [1.82, 2.24) is 7.94 Å². The van der Waals surface area contributed by atoms with Crippen LogP contribution in [0.25, 0.3) is 11.0 Å². The second-order valence-electron chi connectivity index (χ2n) is 6.44. The van der Waals surface area contributed by atoms with Gasteiger partial charge in [0.05, 0.1) is 20.8 Å². The van der Waals surface area contributed by atoms with E-state index in [2.05, 4.69) is 0 Å². The first-order valence-corrected chi connectivity index (χ1v) is 11.5. The van der Waals surface area contributed by atoms with E-state index in [1.807, 2.05) is 0 Å². The molecular formula is C20H16N2O5S2. The zero-order chi connectivity index (χ0) is 20.8. The summed E-state index contributed by atoms with van der Waals surface area (Å²) < 4.78 is 53.9. The fraction of sp³-hybridized carbons (Fsp3) is 0.0500. The second kappa shape index (κ2) is 6.71. The number of fused-ring (bicyclic) bond motifs is 1. The van der Waals surface area contributed by atoms with Crippen molar-refractivity contribution in [2.45, 2.75) is 16.7 Å². The minimum atomic E-state index is -4.32. The van der Waals surface area contributed by atoms with Crippen molar-refractivity contribution >= 4 is 31.1 Å². The molecule has 148 valence electrons. The van der Waals surface area contributed by atoms with E-state index < -0.39 is 25.7 Å². The minimum Gasteiger partial charge on any atom is -0.245 e. The zero-order valence-corrected chi connectivity index (χ0v) is 16.9. The highest BCUT2D eigenvalue weighted by molar-refractivity contribution is 7.91. The Morgan fingerprint density at radius 2 is 1.07 bits per heavy atom. The predicted molar refractivity (Wildman–Crippen MR) is 109 cm³/mol. The number of imidazole rings is 1. The van der Waals surface area contributed by atoms with Crippen LogP contribution in [0.15, 0.2) is 93.4 Å². The van der Waals surface area contributed by atoms with Crippen LogP contribution in [0.5, 0.6) is 0 Å². The molecule has 0 spiro atoms. The molecule has 0 saturated carbocycles. The van der Waals surface area contributed by atoms with E-state index in [0.29, 0.717) is 13.5 Å². The van der Waals surface area contributed by atoms with Gasteiger partial charge >= 0.3 is 5.69 Å². The summed E-state index contributed by atoms with van der Waals surface area (Å²) in [6.45, 7) is 1.73. The molecule has 0 saturated heterocycles. The molecule has 0 N–H and O–H groups in total. The first kappa shape index (κ1) is 19.2. The molecule has 0 fully saturated rings. The van der Waals surface area contributed by atoms with Crippen molar-refractivity contribution in [1.29, 1.82) is 0 Å². The van der Waals surface area contributed by atoms with Gasteiger partial charge in [-0.25, -0.2) is 21.6 Å². The molecule has 0 aliphatic heterocycles. The van der Waals surface area contributed by atoms with E-state index in [0.717, 1.165) is 0 Å². The monoisotopic (exact) mass is 428 g/mol. The summed E-state index contributed by atoms with van der Waals surface area (Å²) in [4.78, 5) is 13.0. The summed E-state index contributed by atoms with van der Waals surface area (Å²) in [6, 6.07) is 19.4. The van der Waals surface area contributed by atoms with Crippen molar-refractivity contribution in [3.8, 4) is 0 Å². The lowest BCUT2D eigenvalue weighted by molar-refractivity contribution is 0.582. The Bertz CT molecular complexity index is 1490. The Labute approximate surface area is 167 Å². The number of benzene rings is 3. The van der Waals surface area contributed by atoms with Crippen LogP contribution < -0.4 is 5.69 Å². The summed E-state index contributed by atoms with van der Waals surface area (Å²) in [6.07, 6.45) is 0. The summed E-state index contributed by atoms with van der Waals surface area (Å²) in [5.41, 5.74) is -0.496. The number of hydrogen-bond acceptors (Lipinski definition) is 5. The Balaban J connectivity index is 2.14. The molecule has 9 heteroatoms. The quantitative estimate of drug-likeness (QED) is 0.498. The van der Waals surface area contributed by atoms with Gasteiger partial charge in [0.1, 0.15) is 0 Å². The van der Waals surface area contributed by atoms with Gasteiger partial charge in [0, 0.05) is 0 Å². The first-order chi connectivity index (χ1) is 13.7. The number of nitrogens with zero attached hydrogens (tertiary/aromatic N) is 2. The van der Waals surface area contributed by atoms with Crippen molar-refractivity contribution in [2.75, 3.05) is 0 Å². The highest BCUT2D eigenvalue weighted by atomic mass is 32.2. The third-order valence-corrected chi connectivity index (χ3v) is 7.88. The van der Waals surface area contributed by atoms with Crippen LogP contribution in [0.2, 0.25) is 0 Å². The van der Waals surface area contributed by atoms with E-state index in [9.17, 15) is 21.6 Å². The van der Waals surface area contributed by atoms with Gasteiger partial charge in [0.25, 0.3) is 20.0 Å². The Morgan fingerprint density at radius 1 is 0.621 bits per heavy atom. The standard InChI is InChI=1S/C20H16N2O5S2/c1-15-12-13-18-19(14-15)22(29(26,27)17-10-6-3-7-11-17)20(23)21(18)28(24,25)16-8-4-2-5-9-16/h2-14H,1H3. The van der Waals surface area contributed by atoms with Crippen molar-refractivity contribution < 1.29 is 16.8 Å². The molecule has 1 heterocycles. The molecule has 0 radical (unpaired) electrons. The van der Waals surface area contributed by atoms with E-state index in [1.54, 1.807) is 25.1 Å². The topological polar surface area (TPSA) is 95.2 Å². The first-order valence-electron chi connectivity index (χ1n) is 8.60. The van der Waals surface area contributed by atoms with Gasteiger partial charge in [0.15, 0.2) is 0 Å². The third-order valence-electron chi connectivity index (χ3n) is 4.48. The molecule has 0 aliphatic carbocycles. The molecule has 4 rings (SSSR count). The average Bonchev–Trinajstić information content (AvgIpc) is 3.01. The average molecular weight is 428 g/mol. The van der Waals surface area contributed by atoms with Crippen LogP contribution in [0.4, 0.5) is 0 Å². The normalized spacial score (nSPS) is 12.3. The smallest absolute Gasteiger partial charge is 0.245 e. The number of rotatable bonds is 4. The Hall–Kier alpha value is -3.17. The minimum absolute atomic E-state index is 0.00152. The van der Waals surface area contributed by atoms with E-state index in [4.69, 9.17) is 0 Å². The maximum absolute atomic E-state index is 13.2. The zero-order valence-electron chi connectivity index (χ0n) is 15.3. The van der Waals surface area contributed by atoms with Gasteiger partial charge in [-0.3, -0.25) is 0 Å². The largest absolute Gasteiger partial charge is 0.357 e. The van der Waals surface area contributed by atoms with Gasteiger partial charge in [-0.1, -0.05) is 42.5 Å². The maximum atomic E-state index is 13.2. The molecule has 0 amide bonds. The number of hydrogen-bond donors (Lipinski definition) is 0. The highest BCUT2D eigenvalue weighted by Gasteiger charge is 2.30. The van der Waals surface area contributed by atoms with Gasteiger partial charge < -0.3 is 0 Å². The lowest BCUT2D eigenvalue weighted by Gasteiger charge is -2.06. The van der Waals surface area contributed by atoms with Crippen LogP contribution in [0, 0.1) is 6.92 Å². The lowest BCUT2D eigenvalue weighted by Crippen LogP contribution is -2.33. The third kappa shape index (κ3) is 2.99. The van der Waals surface area contributed by atoms with Crippen LogP contribution >= 0.6 is 0 Å². The van der Waals surface area contributed by atoms with Crippen LogP contribution in [-0.4, -0.2) is 24.8 Å². The summed E-state index contributed by atoms with van der Waals surface area (Å²) in [5, 5.41) is 0. The second-order valence-corrected chi connectivity index (χ2v) is 10.0. The van der Waals surface area contributed by atoms with Gasteiger partial charge in [0.2, 0.25) is 0 Å². The number of aromatic nitrogens is 2. The van der Waals surface area contributed by atoms with E-state index in [-0.39, 0.29) is 20.8 Å². The fourth-order valence-electron chi connectivity index (χ4n) is 3.12. The Kier molecular flexibility index (Phi) is 4.44. The molecule has 29 heavy (non-hydrogen) atoms. The molecule has 0 atom stereocenters. The van der Waals surface area contributed by atoms with Crippen molar-refractivity contribution in [3.05, 3.63) is 94.9 Å². The highest BCUT2D eigenvalue weighted by Crippen LogP contribution is 2.24. The van der Waals surface area contributed by atoms with Gasteiger partial charge in [-0.05, 0) is 48.9 Å². The SMILES string of the molecule is Cc1ccc2c(c1)n(S(=O)(=O)c1ccccc1)c(=O)n2S(=O)(=O)c1ccccc1. The molecule has 0 aliphatic rings. The van der Waals surface area contributed by atoms with Crippen LogP contribution in [-0.2, 0) is 20.0 Å². The van der Waals surface area contributed by atoms with Gasteiger partial charge in [-0.15, -0.1) is 0 Å². The predicted octanol–water partition coefficient (Wildman–Crippen LogP) is 2.59. The van der Waals surface area contributed by atoms with Crippen molar-refractivity contribution in [2.24, 2.45) is 0 Å². The molecule has 1 aromatic heterocycles. The summed E-state index contributed by atoms with van der Waals surface area (Å²) in [5.74, 6) is 0. The number of aryl methyl sites for hydroxylation is 1.